The lowest BCUT2D eigenvalue weighted by atomic mass is 9.79. The van der Waals surface area contributed by atoms with Crippen LogP contribution in [-0.4, -0.2) is 31.3 Å². The van der Waals surface area contributed by atoms with Crippen molar-refractivity contribution in [1.29, 1.82) is 0 Å². The lowest BCUT2D eigenvalue weighted by Crippen LogP contribution is -2.41. The number of anilines is 1. The fourth-order valence-corrected chi connectivity index (χ4v) is 1.91. The second-order valence-electron chi connectivity index (χ2n) is 5.80. The van der Waals surface area contributed by atoms with E-state index in [9.17, 15) is 0 Å². The van der Waals surface area contributed by atoms with Crippen LogP contribution in [0.3, 0.4) is 0 Å². The molecule has 0 amide bonds. The molecule has 0 aliphatic carbocycles. The first kappa shape index (κ1) is 5.61. The number of furan rings is 1. The molecular weight excluding hydrogens is 265 g/mol. The normalized spacial score (nSPS) is 47.0. The molecule has 4 nitrogen and oxygen atoms in total. The lowest BCUT2D eigenvalue weighted by Gasteiger charge is -2.32. The van der Waals surface area contributed by atoms with E-state index in [4.69, 9.17) is 32.9 Å². The Bertz CT molecular complexity index is 985. The predicted octanol–water partition coefficient (Wildman–Crippen LogP) is 2.88. The lowest BCUT2D eigenvalue weighted by molar-refractivity contribution is 0.00578. The zero-order chi connectivity index (χ0) is 27.6. The van der Waals surface area contributed by atoms with Gasteiger partial charge < -0.3 is 18.6 Å². The molecule has 0 saturated carbocycles. The van der Waals surface area contributed by atoms with Crippen molar-refractivity contribution >= 4 is 18.5 Å². The molecule has 3 rings (SSSR count). The number of hydrogen-bond acceptors (Lipinski definition) is 4. The van der Waals surface area contributed by atoms with Crippen molar-refractivity contribution in [2.24, 2.45) is 0 Å². The van der Waals surface area contributed by atoms with E-state index in [0.717, 1.165) is 0 Å². The van der Waals surface area contributed by atoms with Crippen LogP contribution in [0.4, 0.5) is 5.88 Å². The summed E-state index contributed by atoms with van der Waals surface area (Å²) in [6, 6.07) is -0.920. The van der Waals surface area contributed by atoms with E-state index in [0.29, 0.717) is 0 Å². The summed E-state index contributed by atoms with van der Waals surface area (Å²) in [6.45, 7) is -3.75. The van der Waals surface area contributed by atoms with Gasteiger partial charge >= 0.3 is 7.12 Å². The molecule has 0 unspecified atom stereocenters. The zero-order valence-electron chi connectivity index (χ0n) is 26.2. The van der Waals surface area contributed by atoms with Crippen LogP contribution in [-0.2, 0) is 9.31 Å². The molecule has 2 fully saturated rings. The third kappa shape index (κ3) is 2.62. The predicted molar refractivity (Wildman–Crippen MR) is 85.2 cm³/mol. The van der Waals surface area contributed by atoms with Crippen LogP contribution in [0.5, 0.6) is 0 Å². The van der Waals surface area contributed by atoms with E-state index in [2.05, 4.69) is 0 Å². The van der Waals surface area contributed by atoms with Crippen LogP contribution in [0, 0.1) is 6.85 Å². The number of nitrogens with zero attached hydrogens (tertiary/aromatic N) is 1. The minimum absolute atomic E-state index is 0.173. The Labute approximate surface area is 147 Å². The quantitative estimate of drug-likeness (QED) is 0.787. The van der Waals surface area contributed by atoms with Crippen molar-refractivity contribution in [2.75, 3.05) is 17.9 Å². The Morgan fingerprint density at radius 3 is 2.38 bits per heavy atom. The molecule has 2 aliphatic heterocycles. The fraction of sp³-hybridized carbons (Fsp3) is 0.750. The van der Waals surface area contributed by atoms with Crippen molar-refractivity contribution in [3.8, 4) is 0 Å². The summed E-state index contributed by atoms with van der Waals surface area (Å²) in [5.41, 5.74) is -2.50. The van der Waals surface area contributed by atoms with E-state index >= 15 is 0 Å². The topological polar surface area (TPSA) is 34.8 Å². The van der Waals surface area contributed by atoms with Crippen LogP contribution < -0.4 is 10.4 Å². The highest BCUT2D eigenvalue weighted by atomic mass is 16.7. The number of rotatable bonds is 2. The average molecular weight is 305 g/mol. The first-order chi connectivity index (χ1) is 15.2. The van der Waals surface area contributed by atoms with E-state index in [-0.39, 0.29) is 4.90 Å². The Balaban J connectivity index is 2.34. The van der Waals surface area contributed by atoms with E-state index in [1.165, 1.54) is 0 Å². The van der Waals surface area contributed by atoms with Gasteiger partial charge in [-0.15, -0.1) is 0 Å². The van der Waals surface area contributed by atoms with Gasteiger partial charge in [0.15, 0.2) is 5.88 Å². The molecular formula is C16H26BNO3. The molecule has 1 aromatic rings. The van der Waals surface area contributed by atoms with Crippen molar-refractivity contribution in [2.45, 2.75) is 64.9 Å². The highest BCUT2D eigenvalue weighted by Gasteiger charge is 2.52. The van der Waals surface area contributed by atoms with Crippen molar-refractivity contribution in [3.05, 3.63) is 11.8 Å². The molecule has 0 radical (unpaired) electrons. The summed E-state index contributed by atoms with van der Waals surface area (Å²) in [4.78, 5) is -0.173. The van der Waals surface area contributed by atoms with Gasteiger partial charge in [0.2, 0.25) is 0 Å². The van der Waals surface area contributed by atoms with Gasteiger partial charge in [-0.25, -0.2) is 0 Å². The van der Waals surface area contributed by atoms with E-state index in [1.807, 2.05) is 0 Å². The molecule has 3 heterocycles. The molecule has 0 bridgehead atoms. The van der Waals surface area contributed by atoms with Crippen molar-refractivity contribution < 1.29 is 32.9 Å². The van der Waals surface area contributed by atoms with Crippen LogP contribution in [0.2, 0.25) is 0 Å². The van der Waals surface area contributed by atoms with Crippen LogP contribution in [0.1, 0.15) is 71.8 Å². The third-order valence-corrected chi connectivity index (χ3v) is 3.84. The first-order valence-electron chi connectivity index (χ1n) is 13.5. The SMILES string of the molecule is [2H]c1c(N2C([2H])([2H])C([2H])([2H])C([2H])([2H])C([2H])([2H])C2([2H])[2H])oc(C([2H])([2H])[2H])c1B1OC(C)(C)C(C)(C)O1. The summed E-state index contributed by atoms with van der Waals surface area (Å²) in [7, 11) is -1.51. The summed E-state index contributed by atoms with van der Waals surface area (Å²) in [6.07, 6.45) is -11.0. The summed E-state index contributed by atoms with van der Waals surface area (Å²) < 4.78 is 130. The monoisotopic (exact) mass is 305 g/mol. The molecule has 5 heteroatoms. The molecule has 0 N–H and O–H groups in total. The highest BCUT2D eigenvalue weighted by molar-refractivity contribution is 6.62. The van der Waals surface area contributed by atoms with Gasteiger partial charge in [0.05, 0.1) is 12.6 Å². The minimum Gasteiger partial charge on any atom is -0.446 e. The second-order valence-corrected chi connectivity index (χ2v) is 5.80. The molecule has 116 valence electrons. The maximum Gasteiger partial charge on any atom is 0.498 e. The van der Waals surface area contributed by atoms with Gasteiger partial charge in [-0.3, -0.25) is 0 Å². The standard InChI is InChI=1S/C16H26BNO3/c1-12-13(17-20-15(2,3)16(4,5)21-17)11-14(19-12)18-9-7-6-8-10-18/h11H,6-10H2,1-5H3/i1D3,6D2,7D2,8D2,9D2,10D2,11D. The number of hydrogen-bond donors (Lipinski definition) is 0. The maximum absolute atomic E-state index is 8.60. The maximum atomic E-state index is 8.60. The Morgan fingerprint density at radius 2 is 1.81 bits per heavy atom. The smallest absolute Gasteiger partial charge is 0.446 e. The third-order valence-electron chi connectivity index (χ3n) is 3.84. The molecule has 0 atom stereocenters. The molecule has 0 spiro atoms. The largest absolute Gasteiger partial charge is 0.498 e. The fourth-order valence-electron chi connectivity index (χ4n) is 1.91. The first-order valence-corrected chi connectivity index (χ1v) is 6.50. The Hall–Kier alpha value is -0.935. The van der Waals surface area contributed by atoms with E-state index < -0.39 is 80.4 Å². The van der Waals surface area contributed by atoms with Gasteiger partial charge in [-0.2, -0.15) is 0 Å². The second kappa shape index (κ2) is 5.06. The van der Waals surface area contributed by atoms with Crippen LogP contribution in [0.15, 0.2) is 10.5 Å². The Kier molecular flexibility index (Phi) is 1.35. The molecule has 21 heavy (non-hydrogen) atoms. The van der Waals surface area contributed by atoms with E-state index in [1.54, 1.807) is 27.7 Å². The molecule has 2 saturated heterocycles. The van der Waals surface area contributed by atoms with Crippen molar-refractivity contribution in [3.63, 3.8) is 0 Å². The summed E-state index contributed by atoms with van der Waals surface area (Å²) in [5, 5.41) is 0. The van der Waals surface area contributed by atoms with Crippen molar-refractivity contribution in [1.82, 2.24) is 0 Å². The van der Waals surface area contributed by atoms with Gasteiger partial charge in [0, 0.05) is 42.3 Å². The average Bonchev–Trinajstić information content (AvgIpc) is 3.06. The van der Waals surface area contributed by atoms with Gasteiger partial charge in [0.1, 0.15) is 5.76 Å². The molecule has 2 aliphatic rings. The van der Waals surface area contributed by atoms with Crippen LogP contribution >= 0.6 is 0 Å². The van der Waals surface area contributed by atoms with Gasteiger partial charge in [-0.05, 0) is 53.7 Å². The zero-order valence-corrected chi connectivity index (χ0v) is 12.2. The minimum atomic E-state index is -3.68. The highest BCUT2D eigenvalue weighted by Crippen LogP contribution is 2.37. The summed E-state index contributed by atoms with van der Waals surface area (Å²) >= 11 is 0. The molecule has 0 aromatic carbocycles. The van der Waals surface area contributed by atoms with Gasteiger partial charge in [0.25, 0.3) is 0 Å². The Morgan fingerprint density at radius 1 is 1.19 bits per heavy atom. The number of aryl methyl sites for hydroxylation is 1. The summed E-state index contributed by atoms with van der Waals surface area (Å²) in [5.74, 6) is -2.05. The van der Waals surface area contributed by atoms with Gasteiger partial charge in [-0.1, -0.05) is 0 Å². The molecule has 1 aromatic heterocycles. The number of piperidine rings is 1. The van der Waals surface area contributed by atoms with Crippen LogP contribution in [0.25, 0.3) is 0 Å².